The standard InChI is InChI=1S/C23H29N5O2/c1-17-21(15-19-8-7-18(16-24-19)23(29)25-30)20-5-3-4-6-22(20)28(17)14-13-27-11-9-26(2)10-12-27/h3-8,16,30H,9-15H2,1-2H3,(H,25,29). The number of likely N-dealkylation sites (N-methyl/N-ethyl adjacent to an activating group) is 1. The van der Waals surface area contributed by atoms with Crippen molar-refractivity contribution in [2.75, 3.05) is 39.8 Å². The number of para-hydroxylation sites is 1. The summed E-state index contributed by atoms with van der Waals surface area (Å²) in [7, 11) is 2.18. The van der Waals surface area contributed by atoms with Crippen molar-refractivity contribution in [3.63, 3.8) is 0 Å². The number of hydroxylamine groups is 1. The van der Waals surface area contributed by atoms with Gasteiger partial charge in [0.05, 0.1) is 5.56 Å². The number of carbonyl (C=O) groups excluding carboxylic acids is 1. The zero-order valence-electron chi connectivity index (χ0n) is 17.6. The molecule has 0 unspecified atom stereocenters. The summed E-state index contributed by atoms with van der Waals surface area (Å²) in [5.41, 5.74) is 6.68. The van der Waals surface area contributed by atoms with Gasteiger partial charge in [-0.25, -0.2) is 5.48 Å². The van der Waals surface area contributed by atoms with E-state index in [9.17, 15) is 4.79 Å². The molecule has 1 aliphatic rings. The summed E-state index contributed by atoms with van der Waals surface area (Å²) in [6, 6.07) is 12.1. The number of carbonyl (C=O) groups is 1. The second-order valence-corrected chi connectivity index (χ2v) is 8.03. The first-order valence-corrected chi connectivity index (χ1v) is 10.4. The Hall–Kier alpha value is -2.74. The molecule has 1 aliphatic heterocycles. The predicted molar refractivity (Wildman–Crippen MR) is 117 cm³/mol. The molecule has 158 valence electrons. The highest BCUT2D eigenvalue weighted by Gasteiger charge is 2.17. The third kappa shape index (κ3) is 4.23. The van der Waals surface area contributed by atoms with Crippen LogP contribution in [0.1, 0.15) is 27.3 Å². The van der Waals surface area contributed by atoms with Crippen molar-refractivity contribution in [3.8, 4) is 0 Å². The van der Waals surface area contributed by atoms with Crippen LogP contribution in [-0.2, 0) is 13.0 Å². The number of aromatic nitrogens is 2. The fourth-order valence-corrected chi connectivity index (χ4v) is 4.24. The number of hydrogen-bond acceptors (Lipinski definition) is 5. The maximum Gasteiger partial charge on any atom is 0.276 e. The summed E-state index contributed by atoms with van der Waals surface area (Å²) in [6.07, 6.45) is 2.21. The number of nitrogens with one attached hydrogen (secondary N) is 1. The molecule has 0 bridgehead atoms. The van der Waals surface area contributed by atoms with Crippen LogP contribution in [0.2, 0.25) is 0 Å². The molecule has 2 aromatic heterocycles. The summed E-state index contributed by atoms with van der Waals surface area (Å²) < 4.78 is 2.43. The van der Waals surface area contributed by atoms with E-state index in [1.807, 2.05) is 6.07 Å². The van der Waals surface area contributed by atoms with E-state index in [2.05, 4.69) is 57.6 Å². The number of fused-ring (bicyclic) bond motifs is 1. The Morgan fingerprint density at radius 1 is 1.10 bits per heavy atom. The van der Waals surface area contributed by atoms with E-state index in [1.54, 1.807) is 11.5 Å². The Bertz CT molecular complexity index is 1020. The molecule has 4 rings (SSSR count). The normalized spacial score (nSPS) is 15.6. The van der Waals surface area contributed by atoms with Gasteiger partial charge < -0.3 is 9.47 Å². The first kappa shape index (κ1) is 20.5. The fourth-order valence-electron chi connectivity index (χ4n) is 4.24. The van der Waals surface area contributed by atoms with Gasteiger partial charge in [0.15, 0.2) is 0 Å². The summed E-state index contributed by atoms with van der Waals surface area (Å²) in [5.74, 6) is -0.550. The second kappa shape index (κ2) is 8.95. The van der Waals surface area contributed by atoms with Crippen molar-refractivity contribution in [2.24, 2.45) is 0 Å². The van der Waals surface area contributed by atoms with Crippen LogP contribution in [-0.4, -0.2) is 70.2 Å². The molecule has 2 N–H and O–H groups in total. The van der Waals surface area contributed by atoms with E-state index in [0.717, 1.165) is 45.0 Å². The third-order valence-corrected chi connectivity index (χ3v) is 6.14. The van der Waals surface area contributed by atoms with Gasteiger partial charge in [0.1, 0.15) is 0 Å². The Morgan fingerprint density at radius 2 is 1.87 bits per heavy atom. The average molecular weight is 408 g/mol. The van der Waals surface area contributed by atoms with Gasteiger partial charge in [0.2, 0.25) is 0 Å². The van der Waals surface area contributed by atoms with Gasteiger partial charge in [0, 0.05) is 74.2 Å². The van der Waals surface area contributed by atoms with E-state index < -0.39 is 5.91 Å². The number of piperazine rings is 1. The van der Waals surface area contributed by atoms with Crippen LogP contribution in [0, 0.1) is 6.92 Å². The fraction of sp³-hybridized carbons (Fsp3) is 0.391. The molecule has 1 fully saturated rings. The molecule has 1 aromatic carbocycles. The third-order valence-electron chi connectivity index (χ3n) is 6.14. The smallest absolute Gasteiger partial charge is 0.276 e. The molecular formula is C23H29N5O2. The summed E-state index contributed by atoms with van der Waals surface area (Å²) in [6.45, 7) is 8.72. The van der Waals surface area contributed by atoms with E-state index >= 15 is 0 Å². The lowest BCUT2D eigenvalue weighted by molar-refractivity contribution is 0.0706. The van der Waals surface area contributed by atoms with Gasteiger partial charge in [0.25, 0.3) is 5.91 Å². The molecule has 1 amide bonds. The minimum atomic E-state index is -0.550. The number of amides is 1. The van der Waals surface area contributed by atoms with Crippen LogP contribution in [0.5, 0.6) is 0 Å². The van der Waals surface area contributed by atoms with E-state index in [1.165, 1.54) is 28.4 Å². The van der Waals surface area contributed by atoms with Gasteiger partial charge >= 0.3 is 0 Å². The molecule has 7 nitrogen and oxygen atoms in total. The number of hydrogen-bond donors (Lipinski definition) is 2. The molecule has 0 spiro atoms. The van der Waals surface area contributed by atoms with Gasteiger partial charge in [-0.2, -0.15) is 0 Å². The molecule has 0 radical (unpaired) electrons. The van der Waals surface area contributed by atoms with Gasteiger partial charge in [-0.3, -0.25) is 19.9 Å². The number of nitrogens with zero attached hydrogens (tertiary/aromatic N) is 4. The van der Waals surface area contributed by atoms with Crippen LogP contribution in [0.15, 0.2) is 42.6 Å². The quantitative estimate of drug-likeness (QED) is 0.485. The number of pyridine rings is 1. The minimum Gasteiger partial charge on any atom is -0.343 e. The Kier molecular flexibility index (Phi) is 6.13. The Balaban J connectivity index is 1.56. The van der Waals surface area contributed by atoms with Crippen molar-refractivity contribution >= 4 is 16.8 Å². The molecule has 0 aliphatic carbocycles. The number of benzene rings is 1. The zero-order valence-corrected chi connectivity index (χ0v) is 17.6. The van der Waals surface area contributed by atoms with Crippen LogP contribution >= 0.6 is 0 Å². The molecule has 1 saturated heterocycles. The van der Waals surface area contributed by atoms with Crippen LogP contribution in [0.3, 0.4) is 0 Å². The maximum absolute atomic E-state index is 11.5. The molecule has 7 heteroatoms. The number of rotatable bonds is 6. The first-order valence-electron chi connectivity index (χ1n) is 10.4. The topological polar surface area (TPSA) is 73.6 Å². The van der Waals surface area contributed by atoms with Crippen LogP contribution in [0.25, 0.3) is 10.9 Å². The van der Waals surface area contributed by atoms with Gasteiger partial charge in [-0.05, 0) is 37.7 Å². The zero-order chi connectivity index (χ0) is 21.1. The van der Waals surface area contributed by atoms with Gasteiger partial charge in [-0.1, -0.05) is 18.2 Å². The van der Waals surface area contributed by atoms with E-state index in [4.69, 9.17) is 5.21 Å². The predicted octanol–water partition coefficient (Wildman–Crippen LogP) is 2.30. The molecule has 3 heterocycles. The molecule has 3 aromatic rings. The summed E-state index contributed by atoms with van der Waals surface area (Å²) >= 11 is 0. The van der Waals surface area contributed by atoms with E-state index in [-0.39, 0.29) is 0 Å². The molecule has 30 heavy (non-hydrogen) atoms. The highest BCUT2D eigenvalue weighted by Crippen LogP contribution is 2.28. The van der Waals surface area contributed by atoms with Gasteiger partial charge in [-0.15, -0.1) is 0 Å². The molecule has 0 saturated carbocycles. The van der Waals surface area contributed by atoms with Crippen molar-refractivity contribution in [1.82, 2.24) is 24.8 Å². The molecule has 0 atom stereocenters. The first-order chi connectivity index (χ1) is 14.6. The SMILES string of the molecule is Cc1c(Cc2ccc(C(=O)NO)cn2)c2ccccc2n1CCN1CCN(C)CC1. The Labute approximate surface area is 176 Å². The van der Waals surface area contributed by atoms with Crippen molar-refractivity contribution in [2.45, 2.75) is 19.9 Å². The lowest BCUT2D eigenvalue weighted by Crippen LogP contribution is -2.45. The van der Waals surface area contributed by atoms with Crippen molar-refractivity contribution in [3.05, 3.63) is 65.1 Å². The van der Waals surface area contributed by atoms with E-state index in [0.29, 0.717) is 12.0 Å². The lowest BCUT2D eigenvalue weighted by atomic mass is 10.0. The average Bonchev–Trinajstić information content (AvgIpc) is 3.04. The van der Waals surface area contributed by atoms with Crippen LogP contribution in [0.4, 0.5) is 0 Å². The van der Waals surface area contributed by atoms with Crippen molar-refractivity contribution < 1.29 is 10.0 Å². The highest BCUT2D eigenvalue weighted by molar-refractivity contribution is 5.93. The summed E-state index contributed by atoms with van der Waals surface area (Å²) in [4.78, 5) is 20.9. The van der Waals surface area contributed by atoms with Crippen LogP contribution < -0.4 is 5.48 Å². The minimum absolute atomic E-state index is 0.340. The monoisotopic (exact) mass is 407 g/mol. The largest absolute Gasteiger partial charge is 0.343 e. The van der Waals surface area contributed by atoms with Crippen molar-refractivity contribution in [1.29, 1.82) is 0 Å². The maximum atomic E-state index is 11.5. The second-order valence-electron chi connectivity index (χ2n) is 8.03. The Morgan fingerprint density at radius 3 is 2.57 bits per heavy atom. The summed E-state index contributed by atoms with van der Waals surface area (Å²) in [5, 5.41) is 10.0. The molecular weight excluding hydrogens is 378 g/mol. The highest BCUT2D eigenvalue weighted by atomic mass is 16.5. The lowest BCUT2D eigenvalue weighted by Gasteiger charge is -2.32.